The lowest BCUT2D eigenvalue weighted by molar-refractivity contribution is -0.119. The van der Waals surface area contributed by atoms with Gasteiger partial charge in [0, 0.05) is 19.6 Å². The summed E-state index contributed by atoms with van der Waals surface area (Å²) in [4.78, 5) is 28.3. The van der Waals surface area contributed by atoms with Crippen molar-refractivity contribution in [3.05, 3.63) is 40.6 Å². The van der Waals surface area contributed by atoms with E-state index >= 15 is 0 Å². The van der Waals surface area contributed by atoms with E-state index in [2.05, 4.69) is 5.32 Å². The van der Waals surface area contributed by atoms with Gasteiger partial charge in [-0.1, -0.05) is 6.07 Å². The van der Waals surface area contributed by atoms with Crippen molar-refractivity contribution in [2.45, 2.75) is 30.7 Å². The van der Waals surface area contributed by atoms with E-state index in [0.717, 1.165) is 6.42 Å². The maximum atomic E-state index is 13.2. The minimum atomic E-state index is -3.74. The maximum Gasteiger partial charge on any atom is 0.264 e. The molecule has 2 fully saturated rings. The first-order valence-corrected chi connectivity index (χ1v) is 13.2. The molecule has 1 aromatic carbocycles. The SMILES string of the molecule is CCOc1ccc(S(=O)(=O)N2CCOCC2)cc1NC(=O)[C@@H]1CCCN1C(=O)c1cccs1. The average molecular weight is 494 g/mol. The van der Waals surface area contributed by atoms with E-state index < -0.39 is 16.1 Å². The molecular weight excluding hydrogens is 466 g/mol. The highest BCUT2D eigenvalue weighted by atomic mass is 32.2. The van der Waals surface area contributed by atoms with Gasteiger partial charge in [-0.15, -0.1) is 11.3 Å². The Morgan fingerprint density at radius 3 is 2.70 bits per heavy atom. The highest BCUT2D eigenvalue weighted by Crippen LogP contribution is 2.31. The van der Waals surface area contributed by atoms with E-state index in [-0.39, 0.29) is 35.5 Å². The van der Waals surface area contributed by atoms with Crippen LogP contribution in [0, 0.1) is 0 Å². The number of hydrogen-bond donors (Lipinski definition) is 1. The molecule has 2 aliphatic heterocycles. The van der Waals surface area contributed by atoms with Crippen LogP contribution in [0.15, 0.2) is 40.6 Å². The summed E-state index contributed by atoms with van der Waals surface area (Å²) in [5.74, 6) is -0.156. The number of ether oxygens (including phenoxy) is 2. The van der Waals surface area contributed by atoms with Crippen molar-refractivity contribution in [1.82, 2.24) is 9.21 Å². The summed E-state index contributed by atoms with van der Waals surface area (Å²) >= 11 is 1.34. The molecule has 1 aromatic heterocycles. The number of sulfonamides is 1. The van der Waals surface area contributed by atoms with Crippen molar-refractivity contribution in [1.29, 1.82) is 0 Å². The molecular formula is C22H27N3O6S2. The standard InChI is InChI=1S/C22H27N3O6S2/c1-2-31-19-8-7-16(33(28,29)24-10-12-30-13-11-24)15-17(19)23-21(26)18-5-3-9-25(18)22(27)20-6-4-14-32-20/h4,6-8,14-15,18H,2-3,5,9-13H2,1H3,(H,23,26)/t18-/m0/s1. The lowest BCUT2D eigenvalue weighted by Crippen LogP contribution is -2.43. The van der Waals surface area contributed by atoms with Crippen LogP contribution in [0.1, 0.15) is 29.4 Å². The summed E-state index contributed by atoms with van der Waals surface area (Å²) in [5, 5.41) is 4.65. The number of benzene rings is 1. The number of amides is 2. The monoisotopic (exact) mass is 493 g/mol. The highest BCUT2D eigenvalue weighted by molar-refractivity contribution is 7.89. The number of carbonyl (C=O) groups is 2. The second kappa shape index (κ2) is 10.2. The molecule has 2 aromatic rings. The summed E-state index contributed by atoms with van der Waals surface area (Å²) in [5.41, 5.74) is 0.270. The molecule has 0 radical (unpaired) electrons. The number of carbonyl (C=O) groups excluding carboxylic acids is 2. The molecule has 0 spiro atoms. The quantitative estimate of drug-likeness (QED) is 0.635. The maximum absolute atomic E-state index is 13.2. The second-order valence-corrected chi connectivity index (χ2v) is 10.6. The van der Waals surface area contributed by atoms with Crippen LogP contribution < -0.4 is 10.1 Å². The Morgan fingerprint density at radius 1 is 1.21 bits per heavy atom. The first kappa shape index (κ1) is 23.7. The molecule has 9 nitrogen and oxygen atoms in total. The lowest BCUT2D eigenvalue weighted by atomic mass is 10.2. The minimum Gasteiger partial charge on any atom is -0.492 e. The first-order valence-electron chi connectivity index (χ1n) is 10.9. The van der Waals surface area contributed by atoms with Gasteiger partial charge in [0.15, 0.2) is 0 Å². The molecule has 33 heavy (non-hydrogen) atoms. The van der Waals surface area contributed by atoms with E-state index in [1.165, 1.54) is 27.8 Å². The second-order valence-electron chi connectivity index (χ2n) is 7.73. The molecule has 11 heteroatoms. The Morgan fingerprint density at radius 2 is 2.00 bits per heavy atom. The molecule has 0 bridgehead atoms. The van der Waals surface area contributed by atoms with Crippen molar-refractivity contribution >= 4 is 38.9 Å². The van der Waals surface area contributed by atoms with Crippen LogP contribution in [0.2, 0.25) is 0 Å². The number of hydrogen-bond acceptors (Lipinski definition) is 7. The molecule has 1 atom stereocenters. The number of likely N-dealkylation sites (tertiary alicyclic amines) is 1. The van der Waals surface area contributed by atoms with Crippen molar-refractivity contribution in [2.24, 2.45) is 0 Å². The minimum absolute atomic E-state index is 0.0705. The van der Waals surface area contributed by atoms with Crippen molar-refractivity contribution < 1.29 is 27.5 Å². The van der Waals surface area contributed by atoms with E-state index in [9.17, 15) is 18.0 Å². The van der Waals surface area contributed by atoms with Crippen LogP contribution >= 0.6 is 11.3 Å². The summed E-state index contributed by atoms with van der Waals surface area (Å²) in [6, 6.07) is 7.37. The number of rotatable bonds is 7. The van der Waals surface area contributed by atoms with Crippen LogP contribution in [0.25, 0.3) is 0 Å². The molecule has 0 saturated carbocycles. The van der Waals surface area contributed by atoms with Gasteiger partial charge in [-0.05, 0) is 49.4 Å². The lowest BCUT2D eigenvalue weighted by Gasteiger charge is -2.27. The van der Waals surface area contributed by atoms with Gasteiger partial charge in [-0.2, -0.15) is 4.31 Å². The third-order valence-electron chi connectivity index (χ3n) is 5.66. The molecule has 2 aliphatic rings. The number of nitrogens with zero attached hydrogens (tertiary/aromatic N) is 2. The third kappa shape index (κ3) is 5.06. The predicted molar refractivity (Wildman–Crippen MR) is 124 cm³/mol. The van der Waals surface area contributed by atoms with Gasteiger partial charge in [0.2, 0.25) is 15.9 Å². The Kier molecular flexibility index (Phi) is 7.32. The normalized spacial score (nSPS) is 19.4. The van der Waals surface area contributed by atoms with Gasteiger partial charge < -0.3 is 19.7 Å². The molecule has 0 unspecified atom stereocenters. The predicted octanol–water partition coefficient (Wildman–Crippen LogP) is 2.41. The Labute approximate surface area is 197 Å². The Hall–Kier alpha value is -2.47. The van der Waals surface area contributed by atoms with E-state index in [4.69, 9.17) is 9.47 Å². The summed E-state index contributed by atoms with van der Waals surface area (Å²) in [7, 11) is -3.74. The number of anilines is 1. The molecule has 3 heterocycles. The van der Waals surface area contributed by atoms with Gasteiger partial charge >= 0.3 is 0 Å². The fourth-order valence-electron chi connectivity index (χ4n) is 4.02. The molecule has 178 valence electrons. The fourth-order valence-corrected chi connectivity index (χ4v) is 6.14. The third-order valence-corrected chi connectivity index (χ3v) is 8.42. The molecule has 0 aliphatic carbocycles. The van der Waals surface area contributed by atoms with Gasteiger partial charge in [-0.3, -0.25) is 9.59 Å². The molecule has 1 N–H and O–H groups in total. The van der Waals surface area contributed by atoms with E-state index in [1.807, 2.05) is 12.3 Å². The zero-order chi connectivity index (χ0) is 23.4. The van der Waals surface area contributed by atoms with Crippen LogP contribution in [-0.2, 0) is 19.6 Å². The van der Waals surface area contributed by atoms with Gasteiger partial charge in [-0.25, -0.2) is 8.42 Å². The molecule has 4 rings (SSSR count). The first-order chi connectivity index (χ1) is 15.9. The topological polar surface area (TPSA) is 105 Å². The Bertz CT molecular complexity index is 1100. The summed E-state index contributed by atoms with van der Waals surface area (Å²) in [6.45, 7) is 3.90. The largest absolute Gasteiger partial charge is 0.492 e. The number of thiophene rings is 1. The molecule has 2 amide bonds. The van der Waals surface area contributed by atoms with Crippen molar-refractivity contribution in [3.8, 4) is 5.75 Å². The Balaban J connectivity index is 1.57. The van der Waals surface area contributed by atoms with Crippen molar-refractivity contribution in [2.75, 3.05) is 44.8 Å². The van der Waals surface area contributed by atoms with Crippen LogP contribution in [0.4, 0.5) is 5.69 Å². The highest BCUT2D eigenvalue weighted by Gasteiger charge is 2.35. The fraction of sp³-hybridized carbons (Fsp3) is 0.455. The summed E-state index contributed by atoms with van der Waals surface area (Å²) in [6.07, 6.45) is 1.26. The van der Waals surface area contributed by atoms with E-state index in [0.29, 0.717) is 43.4 Å². The zero-order valence-corrected chi connectivity index (χ0v) is 20.0. The number of morpholine rings is 1. The van der Waals surface area contributed by atoms with Gasteiger partial charge in [0.25, 0.3) is 5.91 Å². The number of nitrogens with one attached hydrogen (secondary N) is 1. The average Bonchev–Trinajstić information content (AvgIpc) is 3.53. The van der Waals surface area contributed by atoms with Gasteiger partial charge in [0.1, 0.15) is 11.8 Å². The van der Waals surface area contributed by atoms with Gasteiger partial charge in [0.05, 0.1) is 35.3 Å². The summed E-state index contributed by atoms with van der Waals surface area (Å²) < 4.78 is 38.4. The smallest absolute Gasteiger partial charge is 0.264 e. The van der Waals surface area contributed by atoms with Crippen LogP contribution in [-0.4, -0.2) is 74.9 Å². The van der Waals surface area contributed by atoms with Crippen LogP contribution in [0.5, 0.6) is 5.75 Å². The molecule has 2 saturated heterocycles. The zero-order valence-electron chi connectivity index (χ0n) is 18.4. The van der Waals surface area contributed by atoms with Crippen molar-refractivity contribution in [3.63, 3.8) is 0 Å². The van der Waals surface area contributed by atoms with Crippen LogP contribution in [0.3, 0.4) is 0 Å². The van der Waals surface area contributed by atoms with E-state index in [1.54, 1.807) is 23.1 Å².